The Hall–Kier alpha value is -0.0800. The molecule has 2 heteroatoms. The molecule has 3 unspecified atom stereocenters. The molecule has 0 aromatic carbocycles. The van der Waals surface area contributed by atoms with Crippen molar-refractivity contribution in [1.82, 2.24) is 10.2 Å². The van der Waals surface area contributed by atoms with Gasteiger partial charge in [0.1, 0.15) is 0 Å². The minimum absolute atomic E-state index is 0.738. The van der Waals surface area contributed by atoms with Gasteiger partial charge in [-0.1, -0.05) is 27.2 Å². The molecule has 0 aromatic heterocycles. The minimum Gasteiger partial charge on any atom is -0.315 e. The van der Waals surface area contributed by atoms with Gasteiger partial charge in [-0.15, -0.1) is 0 Å². The highest BCUT2D eigenvalue weighted by Gasteiger charge is 2.22. The lowest BCUT2D eigenvalue weighted by molar-refractivity contribution is 0.154. The summed E-state index contributed by atoms with van der Waals surface area (Å²) in [7, 11) is 0. The Morgan fingerprint density at radius 3 is 2.79 bits per heavy atom. The molecule has 0 bridgehead atoms. The standard InChI is InChI=1S/C12H26N2/c1-5-11(3)12(4)14-7-6-13-8-10(2)9-14/h10-13H,5-9H2,1-4H3. The normalized spacial score (nSPS) is 29.6. The Morgan fingerprint density at radius 1 is 1.43 bits per heavy atom. The first-order chi connectivity index (χ1) is 6.65. The van der Waals surface area contributed by atoms with Crippen LogP contribution in [0.3, 0.4) is 0 Å². The first kappa shape index (κ1) is 12.0. The maximum atomic E-state index is 3.50. The molecule has 0 aliphatic carbocycles. The van der Waals surface area contributed by atoms with Crippen molar-refractivity contribution in [3.63, 3.8) is 0 Å². The first-order valence-corrected chi connectivity index (χ1v) is 6.09. The molecule has 0 radical (unpaired) electrons. The number of hydrogen-bond donors (Lipinski definition) is 1. The Balaban J connectivity index is 2.47. The van der Waals surface area contributed by atoms with Crippen molar-refractivity contribution in [1.29, 1.82) is 0 Å². The molecule has 0 aromatic rings. The number of hydrogen-bond acceptors (Lipinski definition) is 2. The molecule has 2 nitrogen and oxygen atoms in total. The topological polar surface area (TPSA) is 15.3 Å². The van der Waals surface area contributed by atoms with E-state index in [4.69, 9.17) is 0 Å². The van der Waals surface area contributed by atoms with E-state index in [-0.39, 0.29) is 0 Å². The van der Waals surface area contributed by atoms with Crippen LogP contribution < -0.4 is 5.32 Å². The second-order valence-electron chi connectivity index (χ2n) is 4.93. The summed E-state index contributed by atoms with van der Waals surface area (Å²) in [6.07, 6.45) is 1.29. The molecule has 1 saturated heterocycles. The lowest BCUT2D eigenvalue weighted by atomic mass is 9.98. The Morgan fingerprint density at radius 2 is 2.14 bits per heavy atom. The summed E-state index contributed by atoms with van der Waals surface area (Å²) in [5, 5.41) is 3.50. The Labute approximate surface area is 89.1 Å². The fourth-order valence-electron chi connectivity index (χ4n) is 2.20. The van der Waals surface area contributed by atoms with Crippen molar-refractivity contribution < 1.29 is 0 Å². The molecular formula is C12H26N2. The van der Waals surface area contributed by atoms with Crippen LogP contribution in [0.1, 0.15) is 34.1 Å². The molecule has 0 amide bonds. The molecule has 1 aliphatic heterocycles. The van der Waals surface area contributed by atoms with Gasteiger partial charge in [0.15, 0.2) is 0 Å². The third-order valence-corrected chi connectivity index (χ3v) is 3.66. The number of rotatable bonds is 3. The summed E-state index contributed by atoms with van der Waals surface area (Å²) in [6, 6.07) is 0.738. The zero-order valence-corrected chi connectivity index (χ0v) is 10.2. The molecule has 1 rings (SSSR count). The average Bonchev–Trinajstić information content (AvgIpc) is 2.40. The molecule has 1 heterocycles. The van der Waals surface area contributed by atoms with Gasteiger partial charge in [0, 0.05) is 25.7 Å². The predicted octanol–water partition coefficient (Wildman–Crippen LogP) is 1.96. The summed E-state index contributed by atoms with van der Waals surface area (Å²) in [6.45, 7) is 14.2. The average molecular weight is 198 g/mol. The zero-order chi connectivity index (χ0) is 10.6. The molecule has 0 spiro atoms. The van der Waals surface area contributed by atoms with Crippen LogP contribution >= 0.6 is 0 Å². The molecule has 84 valence electrons. The van der Waals surface area contributed by atoms with Crippen molar-refractivity contribution >= 4 is 0 Å². The van der Waals surface area contributed by atoms with Gasteiger partial charge in [0.2, 0.25) is 0 Å². The van der Waals surface area contributed by atoms with E-state index in [1.807, 2.05) is 0 Å². The van der Waals surface area contributed by atoms with Crippen molar-refractivity contribution in [2.45, 2.75) is 40.2 Å². The molecule has 14 heavy (non-hydrogen) atoms. The monoisotopic (exact) mass is 198 g/mol. The highest BCUT2D eigenvalue weighted by Crippen LogP contribution is 2.16. The Bertz CT molecular complexity index is 158. The fraction of sp³-hybridized carbons (Fsp3) is 1.00. The number of nitrogens with one attached hydrogen (secondary N) is 1. The third kappa shape index (κ3) is 3.25. The van der Waals surface area contributed by atoms with Gasteiger partial charge < -0.3 is 5.32 Å². The summed E-state index contributed by atoms with van der Waals surface area (Å²) < 4.78 is 0. The van der Waals surface area contributed by atoms with E-state index >= 15 is 0 Å². The van der Waals surface area contributed by atoms with Gasteiger partial charge in [-0.2, -0.15) is 0 Å². The van der Waals surface area contributed by atoms with Crippen LogP contribution in [0.4, 0.5) is 0 Å². The lowest BCUT2D eigenvalue weighted by Crippen LogP contribution is -2.40. The quantitative estimate of drug-likeness (QED) is 0.746. The van der Waals surface area contributed by atoms with Crippen LogP contribution in [-0.4, -0.2) is 37.1 Å². The van der Waals surface area contributed by atoms with Gasteiger partial charge in [0.25, 0.3) is 0 Å². The van der Waals surface area contributed by atoms with E-state index in [1.165, 1.54) is 26.1 Å². The van der Waals surface area contributed by atoms with Crippen molar-refractivity contribution in [2.24, 2.45) is 11.8 Å². The predicted molar refractivity (Wildman–Crippen MR) is 62.5 cm³/mol. The first-order valence-electron chi connectivity index (χ1n) is 6.09. The van der Waals surface area contributed by atoms with Crippen LogP contribution in [0.2, 0.25) is 0 Å². The summed E-state index contributed by atoms with van der Waals surface area (Å²) in [5.74, 6) is 1.62. The third-order valence-electron chi connectivity index (χ3n) is 3.66. The molecule has 1 aliphatic rings. The summed E-state index contributed by atoms with van der Waals surface area (Å²) in [4.78, 5) is 2.65. The van der Waals surface area contributed by atoms with Gasteiger partial charge >= 0.3 is 0 Å². The smallest absolute Gasteiger partial charge is 0.0110 e. The van der Waals surface area contributed by atoms with Gasteiger partial charge in [-0.3, -0.25) is 4.90 Å². The highest BCUT2D eigenvalue weighted by atomic mass is 15.2. The van der Waals surface area contributed by atoms with E-state index in [0.29, 0.717) is 0 Å². The number of nitrogens with zero attached hydrogens (tertiary/aromatic N) is 1. The summed E-state index contributed by atoms with van der Waals surface area (Å²) >= 11 is 0. The largest absolute Gasteiger partial charge is 0.315 e. The fourth-order valence-corrected chi connectivity index (χ4v) is 2.20. The molecule has 0 saturated carbocycles. The van der Waals surface area contributed by atoms with E-state index in [9.17, 15) is 0 Å². The summed E-state index contributed by atoms with van der Waals surface area (Å²) in [5.41, 5.74) is 0. The second-order valence-corrected chi connectivity index (χ2v) is 4.93. The highest BCUT2D eigenvalue weighted by molar-refractivity contribution is 4.77. The molecule has 1 fully saturated rings. The molecule has 3 atom stereocenters. The zero-order valence-electron chi connectivity index (χ0n) is 10.2. The van der Waals surface area contributed by atoms with Crippen LogP contribution in [0, 0.1) is 11.8 Å². The van der Waals surface area contributed by atoms with Crippen molar-refractivity contribution in [3.8, 4) is 0 Å². The molecular weight excluding hydrogens is 172 g/mol. The minimum atomic E-state index is 0.738. The second kappa shape index (κ2) is 5.72. The van der Waals surface area contributed by atoms with Crippen LogP contribution in [-0.2, 0) is 0 Å². The SMILES string of the molecule is CCC(C)C(C)N1CCNCC(C)C1. The maximum absolute atomic E-state index is 3.50. The van der Waals surface area contributed by atoms with Crippen molar-refractivity contribution in [2.75, 3.05) is 26.2 Å². The van der Waals surface area contributed by atoms with Crippen molar-refractivity contribution in [3.05, 3.63) is 0 Å². The van der Waals surface area contributed by atoms with E-state index in [0.717, 1.165) is 24.4 Å². The van der Waals surface area contributed by atoms with Crippen LogP contribution in [0.25, 0.3) is 0 Å². The maximum Gasteiger partial charge on any atom is 0.0110 e. The Kier molecular flexibility index (Phi) is 4.90. The van der Waals surface area contributed by atoms with Gasteiger partial charge in [0.05, 0.1) is 0 Å². The van der Waals surface area contributed by atoms with Gasteiger partial charge in [-0.05, 0) is 25.3 Å². The van der Waals surface area contributed by atoms with Crippen LogP contribution in [0.15, 0.2) is 0 Å². The molecule has 1 N–H and O–H groups in total. The van der Waals surface area contributed by atoms with Gasteiger partial charge in [-0.25, -0.2) is 0 Å². The van der Waals surface area contributed by atoms with E-state index in [1.54, 1.807) is 0 Å². The van der Waals surface area contributed by atoms with E-state index in [2.05, 4.69) is 37.9 Å². The van der Waals surface area contributed by atoms with E-state index < -0.39 is 0 Å². The lowest BCUT2D eigenvalue weighted by Gasteiger charge is -2.32. The van der Waals surface area contributed by atoms with Crippen LogP contribution in [0.5, 0.6) is 0 Å².